The van der Waals surface area contributed by atoms with Crippen molar-refractivity contribution in [1.29, 1.82) is 0 Å². The van der Waals surface area contributed by atoms with Crippen molar-refractivity contribution < 1.29 is 13.2 Å². The van der Waals surface area contributed by atoms with Crippen LogP contribution in [0.25, 0.3) is 0 Å². The molecule has 1 aliphatic heterocycles. The van der Waals surface area contributed by atoms with Crippen LogP contribution in [0, 0.1) is 0 Å². The van der Waals surface area contributed by atoms with Crippen LogP contribution in [0.1, 0.15) is 18.7 Å². The second kappa shape index (κ2) is 5.82. The fourth-order valence-corrected chi connectivity index (χ4v) is 2.27. The maximum atomic E-state index is 12.7. The van der Waals surface area contributed by atoms with Crippen molar-refractivity contribution in [2.45, 2.75) is 25.1 Å². The van der Waals surface area contributed by atoms with E-state index in [2.05, 4.69) is 25.5 Å². The maximum Gasteiger partial charge on any atom is 0.451 e. The number of halogens is 3. The van der Waals surface area contributed by atoms with Gasteiger partial charge < -0.3 is 15.5 Å². The molecule has 2 heterocycles. The molecule has 1 aliphatic rings. The molecule has 1 aromatic rings. The molecule has 5 nitrogen and oxygen atoms in total. The van der Waals surface area contributed by atoms with Crippen molar-refractivity contribution in [2.24, 2.45) is 0 Å². The molecule has 0 radical (unpaired) electrons. The number of likely N-dealkylation sites (tertiary alicyclic amines) is 1. The molecule has 20 heavy (non-hydrogen) atoms. The Morgan fingerprint density at radius 1 is 1.30 bits per heavy atom. The number of aromatic nitrogens is 2. The summed E-state index contributed by atoms with van der Waals surface area (Å²) in [6, 6.07) is 1.60. The Kier molecular flexibility index (Phi) is 4.32. The van der Waals surface area contributed by atoms with E-state index in [1.54, 1.807) is 0 Å². The normalized spacial score (nSPS) is 20.8. The van der Waals surface area contributed by atoms with Crippen molar-refractivity contribution in [3.63, 3.8) is 0 Å². The third-order valence-electron chi connectivity index (χ3n) is 3.21. The lowest BCUT2D eigenvalue weighted by atomic mass is 10.1. The van der Waals surface area contributed by atoms with Crippen molar-refractivity contribution in [2.75, 3.05) is 37.8 Å². The quantitative estimate of drug-likeness (QED) is 0.892. The standard InChI is InChI=1S/C12H18F3N5/c1-16-9-6-10(19-11(18-9)12(13,14)15)17-8-4-3-5-20(2)7-8/h6,8H,3-5,7H2,1-2H3,(H2,16,17,18,19). The molecule has 0 saturated carbocycles. The molecule has 1 unspecified atom stereocenters. The number of hydrogen-bond donors (Lipinski definition) is 2. The molecular formula is C12H18F3N5. The topological polar surface area (TPSA) is 53.1 Å². The van der Waals surface area contributed by atoms with Crippen LogP contribution in [0.4, 0.5) is 24.8 Å². The van der Waals surface area contributed by atoms with Crippen LogP contribution >= 0.6 is 0 Å². The van der Waals surface area contributed by atoms with Gasteiger partial charge in [0.15, 0.2) is 0 Å². The number of alkyl halides is 3. The van der Waals surface area contributed by atoms with Crippen LogP contribution in [0.2, 0.25) is 0 Å². The van der Waals surface area contributed by atoms with Crippen molar-refractivity contribution in [3.8, 4) is 0 Å². The Bertz CT molecular complexity index is 463. The molecular weight excluding hydrogens is 271 g/mol. The lowest BCUT2D eigenvalue weighted by Crippen LogP contribution is -2.40. The molecule has 0 aliphatic carbocycles. The Labute approximate surface area is 115 Å². The maximum absolute atomic E-state index is 12.7. The van der Waals surface area contributed by atoms with E-state index in [1.165, 1.54) is 13.1 Å². The molecule has 0 amide bonds. The van der Waals surface area contributed by atoms with Gasteiger partial charge in [-0.05, 0) is 26.4 Å². The van der Waals surface area contributed by atoms with E-state index in [9.17, 15) is 13.2 Å². The Balaban J connectivity index is 2.18. The molecule has 0 spiro atoms. The first kappa shape index (κ1) is 14.8. The minimum absolute atomic E-state index is 0.106. The van der Waals surface area contributed by atoms with Crippen LogP contribution in [-0.2, 0) is 6.18 Å². The highest BCUT2D eigenvalue weighted by molar-refractivity contribution is 5.48. The lowest BCUT2D eigenvalue weighted by Gasteiger charge is -2.30. The number of nitrogens with zero attached hydrogens (tertiary/aromatic N) is 3. The molecule has 2 rings (SSSR count). The van der Waals surface area contributed by atoms with E-state index in [4.69, 9.17) is 0 Å². The van der Waals surface area contributed by atoms with Gasteiger partial charge in [-0.3, -0.25) is 0 Å². The van der Waals surface area contributed by atoms with E-state index in [-0.39, 0.29) is 17.7 Å². The van der Waals surface area contributed by atoms with Crippen LogP contribution in [0.15, 0.2) is 6.07 Å². The zero-order chi connectivity index (χ0) is 14.8. The van der Waals surface area contributed by atoms with Gasteiger partial charge in [0.2, 0.25) is 5.82 Å². The van der Waals surface area contributed by atoms with Crippen LogP contribution in [-0.4, -0.2) is 48.1 Å². The number of hydrogen-bond acceptors (Lipinski definition) is 5. The van der Waals surface area contributed by atoms with Crippen LogP contribution in [0.5, 0.6) is 0 Å². The Morgan fingerprint density at radius 3 is 2.60 bits per heavy atom. The van der Waals surface area contributed by atoms with Gasteiger partial charge >= 0.3 is 6.18 Å². The summed E-state index contributed by atoms with van der Waals surface area (Å²) in [4.78, 5) is 9.14. The van der Waals surface area contributed by atoms with Crippen LogP contribution < -0.4 is 10.6 Å². The minimum atomic E-state index is -4.55. The third kappa shape index (κ3) is 3.72. The first-order valence-electron chi connectivity index (χ1n) is 6.47. The van der Waals surface area contributed by atoms with Gasteiger partial charge in [0.1, 0.15) is 11.6 Å². The monoisotopic (exact) mass is 289 g/mol. The zero-order valence-corrected chi connectivity index (χ0v) is 11.5. The Hall–Kier alpha value is -1.57. The largest absolute Gasteiger partial charge is 0.451 e. The zero-order valence-electron chi connectivity index (χ0n) is 11.5. The molecule has 1 atom stereocenters. The summed E-state index contributed by atoms with van der Waals surface area (Å²) in [6.07, 6.45) is -2.61. The summed E-state index contributed by atoms with van der Waals surface area (Å²) in [5.74, 6) is -0.771. The summed E-state index contributed by atoms with van der Waals surface area (Å²) in [5.41, 5.74) is 0. The van der Waals surface area contributed by atoms with Crippen LogP contribution in [0.3, 0.4) is 0 Å². The van der Waals surface area contributed by atoms with Gasteiger partial charge in [-0.2, -0.15) is 13.2 Å². The van der Waals surface area contributed by atoms with Gasteiger partial charge in [-0.1, -0.05) is 0 Å². The first-order chi connectivity index (χ1) is 9.38. The molecule has 0 bridgehead atoms. The van der Waals surface area contributed by atoms with Crippen molar-refractivity contribution in [3.05, 3.63) is 11.9 Å². The SMILES string of the molecule is CNc1cc(NC2CCCN(C)C2)nc(C(F)(F)F)n1. The minimum Gasteiger partial charge on any atom is -0.373 e. The number of rotatable bonds is 3. The second-order valence-electron chi connectivity index (χ2n) is 4.96. The number of piperidine rings is 1. The molecule has 112 valence electrons. The van der Waals surface area contributed by atoms with Crippen molar-refractivity contribution in [1.82, 2.24) is 14.9 Å². The number of nitrogens with one attached hydrogen (secondary N) is 2. The number of likely N-dealkylation sites (N-methyl/N-ethyl adjacent to an activating group) is 1. The predicted octanol–water partition coefficient (Wildman–Crippen LogP) is 2.04. The molecule has 2 N–H and O–H groups in total. The number of anilines is 2. The van der Waals surface area contributed by atoms with Gasteiger partial charge in [0.25, 0.3) is 0 Å². The summed E-state index contributed by atoms with van der Waals surface area (Å²) in [5, 5.41) is 5.69. The van der Waals surface area contributed by atoms with Gasteiger partial charge in [0, 0.05) is 25.7 Å². The summed E-state index contributed by atoms with van der Waals surface area (Å²) in [6.45, 7) is 1.80. The Morgan fingerprint density at radius 2 is 2.00 bits per heavy atom. The summed E-state index contributed by atoms with van der Waals surface area (Å²) >= 11 is 0. The lowest BCUT2D eigenvalue weighted by molar-refractivity contribution is -0.144. The molecule has 0 aromatic carbocycles. The molecule has 1 fully saturated rings. The average molecular weight is 289 g/mol. The summed E-state index contributed by atoms with van der Waals surface area (Å²) in [7, 11) is 3.52. The third-order valence-corrected chi connectivity index (χ3v) is 3.21. The molecule has 1 saturated heterocycles. The second-order valence-corrected chi connectivity index (χ2v) is 4.96. The average Bonchev–Trinajstić information content (AvgIpc) is 2.37. The first-order valence-corrected chi connectivity index (χ1v) is 6.47. The predicted molar refractivity (Wildman–Crippen MR) is 70.7 cm³/mol. The fraction of sp³-hybridized carbons (Fsp3) is 0.667. The van der Waals surface area contributed by atoms with E-state index in [0.29, 0.717) is 0 Å². The van der Waals surface area contributed by atoms with E-state index < -0.39 is 12.0 Å². The van der Waals surface area contributed by atoms with E-state index in [0.717, 1.165) is 25.9 Å². The van der Waals surface area contributed by atoms with Gasteiger partial charge in [-0.15, -0.1) is 0 Å². The highest BCUT2D eigenvalue weighted by Gasteiger charge is 2.35. The molecule has 8 heteroatoms. The smallest absolute Gasteiger partial charge is 0.373 e. The van der Waals surface area contributed by atoms with Crippen molar-refractivity contribution >= 4 is 11.6 Å². The van der Waals surface area contributed by atoms with E-state index >= 15 is 0 Å². The fourth-order valence-electron chi connectivity index (χ4n) is 2.27. The summed E-state index contributed by atoms with van der Waals surface area (Å²) < 4.78 is 38.2. The van der Waals surface area contributed by atoms with E-state index in [1.807, 2.05) is 7.05 Å². The van der Waals surface area contributed by atoms with Gasteiger partial charge in [-0.25, -0.2) is 9.97 Å². The highest BCUT2D eigenvalue weighted by Crippen LogP contribution is 2.28. The highest BCUT2D eigenvalue weighted by atomic mass is 19.4. The molecule has 1 aromatic heterocycles. The van der Waals surface area contributed by atoms with Gasteiger partial charge in [0.05, 0.1) is 0 Å².